The third-order valence-electron chi connectivity index (χ3n) is 3.76. The Bertz CT molecular complexity index is 997. The van der Waals surface area contributed by atoms with E-state index in [4.69, 9.17) is 0 Å². The molecule has 1 N–H and O–H groups in total. The van der Waals surface area contributed by atoms with Crippen LogP contribution in [0.4, 0.5) is 18.9 Å². The Labute approximate surface area is 152 Å². The van der Waals surface area contributed by atoms with Gasteiger partial charge in [0.1, 0.15) is 6.54 Å². The summed E-state index contributed by atoms with van der Waals surface area (Å²) in [6.07, 6.45) is -3.18. The topological polar surface area (TPSA) is 64.0 Å². The van der Waals surface area contributed by atoms with E-state index in [1.54, 1.807) is 0 Å². The van der Waals surface area contributed by atoms with Crippen molar-refractivity contribution >= 4 is 11.6 Å². The highest BCUT2D eigenvalue weighted by Crippen LogP contribution is 2.29. The number of amides is 1. The number of hydrogen-bond acceptors (Lipinski definition) is 3. The summed E-state index contributed by atoms with van der Waals surface area (Å²) in [6, 6.07) is 14.5. The van der Waals surface area contributed by atoms with Crippen molar-refractivity contribution < 1.29 is 18.0 Å². The molecule has 0 atom stereocenters. The molecule has 3 aromatic rings. The first-order valence-electron chi connectivity index (χ1n) is 7.92. The molecule has 0 bridgehead atoms. The molecule has 8 heteroatoms. The maximum absolute atomic E-state index is 12.5. The number of anilines is 1. The number of nitrogens with one attached hydrogen (secondary N) is 1. The average molecular weight is 373 g/mol. The van der Waals surface area contributed by atoms with Crippen LogP contribution in [-0.2, 0) is 17.5 Å². The normalized spacial score (nSPS) is 11.2. The summed E-state index contributed by atoms with van der Waals surface area (Å²) in [4.78, 5) is 28.4. The van der Waals surface area contributed by atoms with Crippen LogP contribution < -0.4 is 10.9 Å². The molecule has 0 aliphatic heterocycles. The number of aromatic nitrogens is 2. The number of benzene rings is 2. The fourth-order valence-corrected chi connectivity index (χ4v) is 2.41. The predicted octanol–water partition coefficient (Wildman–Crippen LogP) is 3.57. The van der Waals surface area contributed by atoms with Crippen LogP contribution in [0.5, 0.6) is 0 Å². The van der Waals surface area contributed by atoms with E-state index in [1.165, 1.54) is 12.4 Å². The van der Waals surface area contributed by atoms with E-state index >= 15 is 0 Å². The highest BCUT2D eigenvalue weighted by molar-refractivity contribution is 5.90. The Morgan fingerprint density at radius 2 is 1.70 bits per heavy atom. The molecule has 0 saturated heterocycles. The monoisotopic (exact) mass is 373 g/mol. The van der Waals surface area contributed by atoms with Crippen LogP contribution in [-0.4, -0.2) is 15.5 Å². The Hall–Kier alpha value is -3.42. The number of halogens is 3. The molecule has 27 heavy (non-hydrogen) atoms. The van der Waals surface area contributed by atoms with Gasteiger partial charge in [0.15, 0.2) is 0 Å². The molecular formula is C19H14F3N3O2. The number of carbonyl (C=O) groups excluding carboxylic acids is 1. The number of carbonyl (C=O) groups is 1. The van der Waals surface area contributed by atoms with E-state index < -0.39 is 23.2 Å². The summed E-state index contributed by atoms with van der Waals surface area (Å²) < 4.78 is 38.7. The molecule has 1 heterocycles. The second-order valence-corrected chi connectivity index (χ2v) is 5.73. The van der Waals surface area contributed by atoms with Crippen LogP contribution in [0.3, 0.4) is 0 Å². The Kier molecular flexibility index (Phi) is 5.07. The van der Waals surface area contributed by atoms with Gasteiger partial charge in [-0.05, 0) is 24.3 Å². The van der Waals surface area contributed by atoms with Gasteiger partial charge in [0.2, 0.25) is 5.91 Å². The highest BCUT2D eigenvalue weighted by Gasteiger charge is 2.29. The molecular weight excluding hydrogens is 359 g/mol. The molecule has 0 unspecified atom stereocenters. The third-order valence-corrected chi connectivity index (χ3v) is 3.76. The van der Waals surface area contributed by atoms with Crippen LogP contribution in [0.1, 0.15) is 5.56 Å². The van der Waals surface area contributed by atoms with Gasteiger partial charge in [-0.15, -0.1) is 0 Å². The van der Waals surface area contributed by atoms with Gasteiger partial charge in [0, 0.05) is 17.3 Å². The maximum atomic E-state index is 12.5. The van der Waals surface area contributed by atoms with Crippen molar-refractivity contribution in [3.05, 3.63) is 82.9 Å². The van der Waals surface area contributed by atoms with E-state index in [0.29, 0.717) is 5.69 Å². The molecule has 0 aliphatic rings. The highest BCUT2D eigenvalue weighted by atomic mass is 19.4. The zero-order valence-corrected chi connectivity index (χ0v) is 13.9. The Balaban J connectivity index is 1.68. The van der Waals surface area contributed by atoms with Gasteiger partial charge in [-0.1, -0.05) is 30.3 Å². The third kappa shape index (κ3) is 4.60. The molecule has 0 spiro atoms. The largest absolute Gasteiger partial charge is 0.416 e. The van der Waals surface area contributed by atoms with Crippen LogP contribution >= 0.6 is 0 Å². The van der Waals surface area contributed by atoms with Gasteiger partial charge in [0.25, 0.3) is 5.56 Å². The Morgan fingerprint density at radius 3 is 2.30 bits per heavy atom. The standard InChI is InChI=1S/C19H14F3N3O2/c20-19(21,22)14-6-8-15(9-7-14)24-17(26)11-25-12-23-16(10-18(25)27)13-4-2-1-3-5-13/h1-10,12H,11H2,(H,24,26). The van der Waals surface area contributed by atoms with E-state index in [2.05, 4.69) is 10.3 Å². The predicted molar refractivity (Wildman–Crippen MR) is 94.0 cm³/mol. The van der Waals surface area contributed by atoms with Crippen molar-refractivity contribution in [3.63, 3.8) is 0 Å². The number of alkyl halides is 3. The molecule has 0 aliphatic carbocycles. The van der Waals surface area contributed by atoms with Gasteiger partial charge in [0.05, 0.1) is 17.6 Å². The lowest BCUT2D eigenvalue weighted by molar-refractivity contribution is -0.137. The average Bonchev–Trinajstić information content (AvgIpc) is 2.64. The quantitative estimate of drug-likeness (QED) is 0.761. The van der Waals surface area contributed by atoms with Gasteiger partial charge >= 0.3 is 6.18 Å². The summed E-state index contributed by atoms with van der Waals surface area (Å²) >= 11 is 0. The van der Waals surface area contributed by atoms with Crippen LogP contribution in [0.25, 0.3) is 11.3 Å². The minimum Gasteiger partial charge on any atom is -0.325 e. The van der Waals surface area contributed by atoms with Gasteiger partial charge < -0.3 is 5.32 Å². The van der Waals surface area contributed by atoms with Crippen molar-refractivity contribution in [1.29, 1.82) is 0 Å². The summed E-state index contributed by atoms with van der Waals surface area (Å²) in [7, 11) is 0. The lowest BCUT2D eigenvalue weighted by Crippen LogP contribution is -2.27. The van der Waals surface area contributed by atoms with Gasteiger partial charge in [-0.25, -0.2) is 4.98 Å². The van der Waals surface area contributed by atoms with Crippen LogP contribution in [0.15, 0.2) is 71.8 Å². The fraction of sp³-hybridized carbons (Fsp3) is 0.105. The molecule has 138 valence electrons. The smallest absolute Gasteiger partial charge is 0.325 e. The van der Waals surface area contributed by atoms with Crippen molar-refractivity contribution in [2.75, 3.05) is 5.32 Å². The minimum atomic E-state index is -4.44. The van der Waals surface area contributed by atoms with E-state index in [9.17, 15) is 22.8 Å². The molecule has 5 nitrogen and oxygen atoms in total. The molecule has 2 aromatic carbocycles. The van der Waals surface area contributed by atoms with E-state index in [-0.39, 0.29) is 12.2 Å². The zero-order chi connectivity index (χ0) is 19.4. The van der Waals surface area contributed by atoms with Crippen LogP contribution in [0.2, 0.25) is 0 Å². The Morgan fingerprint density at radius 1 is 1.04 bits per heavy atom. The second kappa shape index (κ2) is 7.45. The van der Waals surface area contributed by atoms with Gasteiger partial charge in [-0.3, -0.25) is 14.2 Å². The lowest BCUT2D eigenvalue weighted by atomic mass is 10.1. The zero-order valence-electron chi connectivity index (χ0n) is 13.9. The van der Waals surface area contributed by atoms with Crippen molar-refractivity contribution in [2.24, 2.45) is 0 Å². The molecule has 1 aromatic heterocycles. The maximum Gasteiger partial charge on any atom is 0.416 e. The first-order chi connectivity index (χ1) is 12.8. The summed E-state index contributed by atoms with van der Waals surface area (Å²) in [6.45, 7) is -0.304. The van der Waals surface area contributed by atoms with Crippen molar-refractivity contribution in [3.8, 4) is 11.3 Å². The number of hydrogen-bond donors (Lipinski definition) is 1. The first-order valence-corrected chi connectivity index (χ1v) is 7.92. The fourth-order valence-electron chi connectivity index (χ4n) is 2.41. The molecule has 1 amide bonds. The first kappa shape index (κ1) is 18.4. The van der Waals surface area contributed by atoms with Crippen LogP contribution in [0, 0.1) is 0 Å². The summed E-state index contributed by atoms with van der Waals surface area (Å²) in [5, 5.41) is 2.45. The summed E-state index contributed by atoms with van der Waals surface area (Å²) in [5.74, 6) is -0.550. The molecule has 0 saturated carbocycles. The SMILES string of the molecule is O=C(Cn1cnc(-c2ccccc2)cc1=O)Nc1ccc(C(F)(F)F)cc1. The second-order valence-electron chi connectivity index (χ2n) is 5.73. The molecule has 0 radical (unpaired) electrons. The molecule has 3 rings (SSSR count). The van der Waals surface area contributed by atoms with Crippen molar-refractivity contribution in [2.45, 2.75) is 12.7 Å². The minimum absolute atomic E-state index is 0.204. The lowest BCUT2D eigenvalue weighted by Gasteiger charge is -2.10. The number of rotatable bonds is 4. The molecule has 0 fully saturated rings. The van der Waals surface area contributed by atoms with E-state index in [0.717, 1.165) is 34.4 Å². The number of nitrogens with zero attached hydrogens (tertiary/aromatic N) is 2. The van der Waals surface area contributed by atoms with E-state index in [1.807, 2.05) is 30.3 Å². The van der Waals surface area contributed by atoms with Gasteiger partial charge in [-0.2, -0.15) is 13.2 Å². The summed E-state index contributed by atoms with van der Waals surface area (Å²) in [5.41, 5.74) is 0.245. The van der Waals surface area contributed by atoms with Crippen molar-refractivity contribution in [1.82, 2.24) is 9.55 Å².